The highest BCUT2D eigenvalue weighted by Crippen LogP contribution is 2.18. The van der Waals surface area contributed by atoms with Crippen molar-refractivity contribution in [2.75, 3.05) is 11.9 Å². The Kier molecular flexibility index (Phi) is 5.01. The van der Waals surface area contributed by atoms with Crippen molar-refractivity contribution in [3.05, 3.63) is 83.8 Å². The summed E-state index contributed by atoms with van der Waals surface area (Å²) in [5, 5.41) is 7.28. The van der Waals surface area contributed by atoms with Gasteiger partial charge in [0, 0.05) is 35.5 Å². The Morgan fingerprint density at radius 2 is 1.89 bits per heavy atom. The molecule has 0 fully saturated rings. The molecule has 0 aliphatic carbocycles. The second-order valence-electron chi connectivity index (χ2n) is 6.57. The van der Waals surface area contributed by atoms with E-state index in [2.05, 4.69) is 31.7 Å². The second-order valence-corrected chi connectivity index (χ2v) is 6.57. The number of rotatable bonds is 6. The zero-order valence-electron chi connectivity index (χ0n) is 15.6. The van der Waals surface area contributed by atoms with Gasteiger partial charge in [0.15, 0.2) is 0 Å². The maximum atomic E-state index is 12.5. The fourth-order valence-corrected chi connectivity index (χ4v) is 3.12. The number of nitrogens with zero attached hydrogens (tertiary/aromatic N) is 2. The number of hydrogen-bond donors (Lipinski definition) is 3. The zero-order valence-corrected chi connectivity index (χ0v) is 15.6. The molecule has 0 saturated heterocycles. The van der Waals surface area contributed by atoms with E-state index < -0.39 is 0 Å². The molecule has 0 atom stereocenters. The number of amides is 1. The molecule has 6 nitrogen and oxygen atoms in total. The maximum Gasteiger partial charge on any atom is 0.270 e. The van der Waals surface area contributed by atoms with Crippen molar-refractivity contribution in [3.63, 3.8) is 0 Å². The molecule has 0 radical (unpaired) electrons. The molecule has 0 spiro atoms. The smallest absolute Gasteiger partial charge is 0.270 e. The third-order valence-electron chi connectivity index (χ3n) is 4.63. The van der Waals surface area contributed by atoms with Gasteiger partial charge in [-0.2, -0.15) is 0 Å². The molecular weight excluding hydrogens is 350 g/mol. The molecule has 28 heavy (non-hydrogen) atoms. The molecule has 2 aromatic carbocycles. The van der Waals surface area contributed by atoms with Gasteiger partial charge < -0.3 is 15.6 Å². The van der Waals surface area contributed by atoms with Crippen LogP contribution in [0.25, 0.3) is 10.9 Å². The summed E-state index contributed by atoms with van der Waals surface area (Å²) in [6.45, 7) is 2.54. The van der Waals surface area contributed by atoms with Crippen molar-refractivity contribution >= 4 is 28.4 Å². The van der Waals surface area contributed by atoms with Gasteiger partial charge in [-0.25, -0.2) is 9.97 Å². The van der Waals surface area contributed by atoms with Crippen LogP contribution >= 0.6 is 0 Å². The van der Waals surface area contributed by atoms with Crippen molar-refractivity contribution in [1.82, 2.24) is 20.3 Å². The molecule has 2 heterocycles. The van der Waals surface area contributed by atoms with Crippen molar-refractivity contribution in [2.45, 2.75) is 13.3 Å². The van der Waals surface area contributed by atoms with Crippen LogP contribution in [0.4, 0.5) is 11.6 Å². The average molecular weight is 371 g/mol. The van der Waals surface area contributed by atoms with Crippen molar-refractivity contribution in [1.29, 1.82) is 0 Å². The average Bonchev–Trinajstić information content (AvgIpc) is 3.13. The molecule has 140 valence electrons. The van der Waals surface area contributed by atoms with Gasteiger partial charge in [0.2, 0.25) is 5.95 Å². The number of fused-ring (bicyclic) bond motifs is 1. The summed E-state index contributed by atoms with van der Waals surface area (Å²) in [7, 11) is 0. The van der Waals surface area contributed by atoms with E-state index in [1.165, 1.54) is 10.9 Å². The van der Waals surface area contributed by atoms with Gasteiger partial charge in [-0.3, -0.25) is 4.79 Å². The standard InChI is InChI=1S/C22H21N5O/c1-15-6-2-4-8-18(15)26-22-24-13-11-20(27-22)21(28)23-12-10-16-14-25-19-9-5-3-7-17(16)19/h2-9,11,13-14,25H,10,12H2,1H3,(H,23,28)(H,24,26,27). The van der Waals surface area contributed by atoms with Crippen LogP contribution in [-0.4, -0.2) is 27.4 Å². The third kappa shape index (κ3) is 3.86. The number of aromatic nitrogens is 3. The molecule has 0 aliphatic rings. The Morgan fingerprint density at radius 3 is 2.79 bits per heavy atom. The van der Waals surface area contributed by atoms with E-state index in [1.807, 2.05) is 55.6 Å². The Bertz CT molecular complexity index is 1120. The van der Waals surface area contributed by atoms with E-state index in [1.54, 1.807) is 12.3 Å². The summed E-state index contributed by atoms with van der Waals surface area (Å²) in [6, 6.07) is 17.6. The SMILES string of the molecule is Cc1ccccc1Nc1nccc(C(=O)NCCc2c[nH]c3ccccc23)n1. The third-order valence-corrected chi connectivity index (χ3v) is 4.63. The van der Waals surface area contributed by atoms with Gasteiger partial charge in [-0.15, -0.1) is 0 Å². The number of anilines is 2. The lowest BCUT2D eigenvalue weighted by Gasteiger charge is -2.09. The van der Waals surface area contributed by atoms with Gasteiger partial charge >= 0.3 is 0 Å². The first kappa shape index (κ1) is 17.7. The van der Waals surface area contributed by atoms with Gasteiger partial charge in [0.25, 0.3) is 5.91 Å². The van der Waals surface area contributed by atoms with E-state index in [4.69, 9.17) is 0 Å². The van der Waals surface area contributed by atoms with Crippen LogP contribution in [0.2, 0.25) is 0 Å². The topological polar surface area (TPSA) is 82.7 Å². The Hall–Kier alpha value is -3.67. The molecule has 0 unspecified atom stereocenters. The molecule has 4 aromatic rings. The molecule has 3 N–H and O–H groups in total. The first-order valence-electron chi connectivity index (χ1n) is 9.19. The van der Waals surface area contributed by atoms with Crippen LogP contribution in [0.5, 0.6) is 0 Å². The Balaban J connectivity index is 1.39. The van der Waals surface area contributed by atoms with Gasteiger partial charge in [-0.1, -0.05) is 36.4 Å². The zero-order chi connectivity index (χ0) is 19.3. The van der Waals surface area contributed by atoms with Gasteiger partial charge in [-0.05, 0) is 42.7 Å². The lowest BCUT2D eigenvalue weighted by Crippen LogP contribution is -2.26. The predicted octanol–water partition coefficient (Wildman–Crippen LogP) is 3.98. The normalized spacial score (nSPS) is 10.8. The Morgan fingerprint density at radius 1 is 1.07 bits per heavy atom. The van der Waals surface area contributed by atoms with Crippen LogP contribution in [-0.2, 0) is 6.42 Å². The van der Waals surface area contributed by atoms with Crippen molar-refractivity contribution < 1.29 is 4.79 Å². The summed E-state index contributed by atoms with van der Waals surface area (Å²) < 4.78 is 0. The van der Waals surface area contributed by atoms with E-state index in [0.717, 1.165) is 23.2 Å². The van der Waals surface area contributed by atoms with Crippen LogP contribution in [0.15, 0.2) is 67.0 Å². The molecule has 0 aliphatic heterocycles. The number of benzene rings is 2. The lowest BCUT2D eigenvalue weighted by atomic mass is 10.1. The van der Waals surface area contributed by atoms with Crippen LogP contribution in [0, 0.1) is 6.92 Å². The van der Waals surface area contributed by atoms with Crippen molar-refractivity contribution in [2.24, 2.45) is 0 Å². The molecule has 1 amide bonds. The summed E-state index contributed by atoms with van der Waals surface area (Å²) in [4.78, 5) is 24.3. The Labute approximate surface area is 163 Å². The summed E-state index contributed by atoms with van der Waals surface area (Å²) >= 11 is 0. The highest BCUT2D eigenvalue weighted by atomic mass is 16.1. The minimum Gasteiger partial charge on any atom is -0.361 e. The molecule has 4 rings (SSSR count). The highest BCUT2D eigenvalue weighted by Gasteiger charge is 2.10. The largest absolute Gasteiger partial charge is 0.361 e. The number of aryl methyl sites for hydroxylation is 1. The summed E-state index contributed by atoms with van der Waals surface area (Å²) in [5.41, 5.74) is 4.62. The van der Waals surface area contributed by atoms with Crippen LogP contribution in [0.3, 0.4) is 0 Å². The molecular formula is C22H21N5O. The van der Waals surface area contributed by atoms with E-state index in [9.17, 15) is 4.79 Å². The minimum absolute atomic E-state index is 0.213. The summed E-state index contributed by atoms with van der Waals surface area (Å²) in [5.74, 6) is 0.189. The second kappa shape index (κ2) is 7.92. The number of H-pyrrole nitrogens is 1. The monoisotopic (exact) mass is 371 g/mol. The lowest BCUT2D eigenvalue weighted by molar-refractivity contribution is 0.0949. The van der Waals surface area contributed by atoms with Crippen LogP contribution < -0.4 is 10.6 Å². The summed E-state index contributed by atoms with van der Waals surface area (Å²) in [6.07, 6.45) is 4.32. The molecule has 0 saturated carbocycles. The van der Waals surface area contributed by atoms with Gasteiger partial charge in [0.1, 0.15) is 5.69 Å². The van der Waals surface area contributed by atoms with Gasteiger partial charge in [0.05, 0.1) is 0 Å². The predicted molar refractivity (Wildman–Crippen MR) is 111 cm³/mol. The quantitative estimate of drug-likeness (QED) is 0.479. The minimum atomic E-state index is -0.213. The fraction of sp³-hybridized carbons (Fsp3) is 0.136. The fourth-order valence-electron chi connectivity index (χ4n) is 3.12. The number of carbonyl (C=O) groups excluding carboxylic acids is 1. The first-order valence-corrected chi connectivity index (χ1v) is 9.19. The number of aromatic amines is 1. The molecule has 2 aromatic heterocycles. The number of nitrogens with one attached hydrogen (secondary N) is 3. The first-order chi connectivity index (χ1) is 13.7. The maximum absolute atomic E-state index is 12.5. The molecule has 0 bridgehead atoms. The highest BCUT2D eigenvalue weighted by molar-refractivity contribution is 5.92. The van der Waals surface area contributed by atoms with E-state index >= 15 is 0 Å². The van der Waals surface area contributed by atoms with Crippen molar-refractivity contribution in [3.8, 4) is 0 Å². The number of hydrogen-bond acceptors (Lipinski definition) is 4. The number of para-hydroxylation sites is 2. The molecule has 6 heteroatoms. The van der Waals surface area contributed by atoms with Crippen LogP contribution in [0.1, 0.15) is 21.6 Å². The van der Waals surface area contributed by atoms with E-state index in [0.29, 0.717) is 18.2 Å². The number of carbonyl (C=O) groups is 1. The van der Waals surface area contributed by atoms with E-state index in [-0.39, 0.29) is 5.91 Å².